The van der Waals surface area contributed by atoms with E-state index in [1.54, 1.807) is 0 Å². The molecule has 0 radical (unpaired) electrons. The lowest BCUT2D eigenvalue weighted by Crippen LogP contribution is -2.44. The Bertz CT molecular complexity index is 620. The first-order valence-electron chi connectivity index (χ1n) is 6.06. The van der Waals surface area contributed by atoms with Crippen molar-refractivity contribution < 1.29 is 13.2 Å². The van der Waals surface area contributed by atoms with Gasteiger partial charge >= 0.3 is 0 Å². The van der Waals surface area contributed by atoms with Crippen LogP contribution in [0.15, 0.2) is 0 Å². The van der Waals surface area contributed by atoms with Gasteiger partial charge < -0.3 is 9.64 Å². The number of ether oxygens (including phenoxy) is 1. The molecule has 8 heteroatoms. The summed E-state index contributed by atoms with van der Waals surface area (Å²) in [5.41, 5.74) is 1.23. The minimum Gasteiger partial charge on any atom is -0.377 e. The molecule has 1 fully saturated rings. The fourth-order valence-electron chi connectivity index (χ4n) is 2.51. The number of nitrogens with zero attached hydrogens (tertiary/aromatic N) is 3. The zero-order valence-electron chi connectivity index (χ0n) is 10.5. The average molecular weight is 304 g/mol. The van der Waals surface area contributed by atoms with Gasteiger partial charge in [0.15, 0.2) is 9.84 Å². The Kier molecular flexibility index (Phi) is 3.15. The second kappa shape index (κ2) is 4.57. The largest absolute Gasteiger partial charge is 0.377 e. The second-order valence-corrected chi connectivity index (χ2v) is 7.29. The zero-order valence-corrected chi connectivity index (χ0v) is 12.0. The van der Waals surface area contributed by atoms with E-state index in [-0.39, 0.29) is 22.8 Å². The third-order valence-corrected chi connectivity index (χ3v) is 5.02. The maximum atomic E-state index is 11.8. The molecule has 0 amide bonds. The first-order valence-corrected chi connectivity index (χ1v) is 8.26. The van der Waals surface area contributed by atoms with Crippen LogP contribution in [0.4, 0.5) is 5.82 Å². The van der Waals surface area contributed by atoms with Crippen LogP contribution in [-0.2, 0) is 26.1 Å². The van der Waals surface area contributed by atoms with Gasteiger partial charge in [0, 0.05) is 12.1 Å². The van der Waals surface area contributed by atoms with E-state index in [9.17, 15) is 8.42 Å². The lowest BCUT2D eigenvalue weighted by Gasteiger charge is -2.35. The van der Waals surface area contributed by atoms with Gasteiger partial charge in [-0.2, -0.15) is 0 Å². The molecule has 1 atom stereocenters. The standard InChI is InChI=1S/C11H14ClN3O3S/c1-7-4-18-3-2-15(7)10-8-5-19(16,17)6-9(8)13-11(12)14-10/h7H,2-6H2,1H3/t7-/m0/s1. The van der Waals surface area contributed by atoms with Crippen molar-refractivity contribution in [3.63, 3.8) is 0 Å². The van der Waals surface area contributed by atoms with Crippen molar-refractivity contribution in [3.8, 4) is 0 Å². The van der Waals surface area contributed by atoms with Gasteiger partial charge in [0.25, 0.3) is 0 Å². The molecular formula is C11H14ClN3O3S. The van der Waals surface area contributed by atoms with E-state index in [1.807, 2.05) is 6.92 Å². The van der Waals surface area contributed by atoms with Crippen molar-refractivity contribution in [2.24, 2.45) is 0 Å². The fraction of sp³-hybridized carbons (Fsp3) is 0.636. The molecule has 0 N–H and O–H groups in total. The number of hydrogen-bond donors (Lipinski definition) is 0. The van der Waals surface area contributed by atoms with E-state index < -0.39 is 9.84 Å². The maximum Gasteiger partial charge on any atom is 0.224 e. The van der Waals surface area contributed by atoms with Crippen molar-refractivity contribution in [2.45, 2.75) is 24.5 Å². The van der Waals surface area contributed by atoms with Crippen molar-refractivity contribution in [1.29, 1.82) is 0 Å². The zero-order chi connectivity index (χ0) is 13.6. The smallest absolute Gasteiger partial charge is 0.224 e. The first-order chi connectivity index (χ1) is 8.96. The predicted molar refractivity (Wildman–Crippen MR) is 71.0 cm³/mol. The van der Waals surface area contributed by atoms with E-state index in [1.165, 1.54) is 0 Å². The Hall–Kier alpha value is -0.920. The number of fused-ring (bicyclic) bond motifs is 1. The van der Waals surface area contributed by atoms with Crippen molar-refractivity contribution in [2.75, 3.05) is 24.7 Å². The Morgan fingerprint density at radius 2 is 2.16 bits per heavy atom. The van der Waals surface area contributed by atoms with E-state index >= 15 is 0 Å². The van der Waals surface area contributed by atoms with Crippen LogP contribution in [-0.4, -0.2) is 44.2 Å². The van der Waals surface area contributed by atoms with Gasteiger partial charge in [0.2, 0.25) is 5.28 Å². The third kappa shape index (κ3) is 2.42. The monoisotopic (exact) mass is 303 g/mol. The summed E-state index contributed by atoms with van der Waals surface area (Å²) in [7, 11) is -3.12. The second-order valence-electron chi connectivity index (χ2n) is 4.89. The van der Waals surface area contributed by atoms with Gasteiger partial charge in [0.05, 0.1) is 36.5 Å². The highest BCUT2D eigenvalue weighted by atomic mass is 35.5. The average Bonchev–Trinajstić information content (AvgIpc) is 2.63. The van der Waals surface area contributed by atoms with Crippen molar-refractivity contribution in [3.05, 3.63) is 16.5 Å². The third-order valence-electron chi connectivity index (χ3n) is 3.40. The van der Waals surface area contributed by atoms with Crippen molar-refractivity contribution in [1.82, 2.24) is 9.97 Å². The van der Waals surface area contributed by atoms with Gasteiger partial charge in [-0.15, -0.1) is 0 Å². The molecule has 1 aromatic rings. The van der Waals surface area contributed by atoms with E-state index in [0.29, 0.717) is 36.8 Å². The summed E-state index contributed by atoms with van der Waals surface area (Å²) in [6, 6.07) is 0.145. The van der Waals surface area contributed by atoms with Crippen LogP contribution in [0.3, 0.4) is 0 Å². The Morgan fingerprint density at radius 3 is 2.89 bits per heavy atom. The van der Waals surface area contributed by atoms with E-state index in [0.717, 1.165) is 0 Å². The van der Waals surface area contributed by atoms with Crippen LogP contribution in [0.2, 0.25) is 5.28 Å². The fourth-order valence-corrected chi connectivity index (χ4v) is 4.19. The number of anilines is 1. The molecule has 0 saturated carbocycles. The molecule has 6 nitrogen and oxygen atoms in total. The van der Waals surface area contributed by atoms with Crippen LogP contribution in [0.25, 0.3) is 0 Å². The molecule has 2 aliphatic rings. The van der Waals surface area contributed by atoms with Crippen LogP contribution in [0.1, 0.15) is 18.2 Å². The summed E-state index contributed by atoms with van der Waals surface area (Å²) in [4.78, 5) is 10.3. The van der Waals surface area contributed by atoms with Gasteiger partial charge in [-0.1, -0.05) is 0 Å². The van der Waals surface area contributed by atoms with Crippen molar-refractivity contribution >= 4 is 27.3 Å². The first kappa shape index (κ1) is 13.1. The number of halogens is 1. The topological polar surface area (TPSA) is 72.4 Å². The lowest BCUT2D eigenvalue weighted by molar-refractivity contribution is 0.0984. The molecular weight excluding hydrogens is 290 g/mol. The minimum atomic E-state index is -3.12. The summed E-state index contributed by atoms with van der Waals surface area (Å²) in [5.74, 6) is 0.599. The molecule has 0 spiro atoms. The lowest BCUT2D eigenvalue weighted by atomic mass is 10.2. The number of sulfone groups is 1. The van der Waals surface area contributed by atoms with Gasteiger partial charge in [0.1, 0.15) is 5.82 Å². The normalized spacial score (nSPS) is 25.4. The maximum absolute atomic E-state index is 11.8. The quantitative estimate of drug-likeness (QED) is 0.714. The highest BCUT2D eigenvalue weighted by molar-refractivity contribution is 7.90. The molecule has 0 aliphatic carbocycles. The molecule has 19 heavy (non-hydrogen) atoms. The molecule has 3 rings (SSSR count). The number of aromatic nitrogens is 2. The number of morpholine rings is 1. The molecule has 0 bridgehead atoms. The molecule has 1 saturated heterocycles. The molecule has 2 aliphatic heterocycles. The minimum absolute atomic E-state index is 0.00108. The van der Waals surface area contributed by atoms with Crippen LogP contribution < -0.4 is 4.90 Å². The Balaban J connectivity index is 2.07. The van der Waals surface area contributed by atoms with Gasteiger partial charge in [-0.05, 0) is 18.5 Å². The molecule has 3 heterocycles. The predicted octanol–water partition coefficient (Wildman–Crippen LogP) is 0.783. The summed E-state index contributed by atoms with van der Waals surface area (Å²) in [5, 5.41) is 0.101. The van der Waals surface area contributed by atoms with Gasteiger partial charge in [-0.3, -0.25) is 0 Å². The van der Waals surface area contributed by atoms with Crippen LogP contribution in [0.5, 0.6) is 0 Å². The molecule has 104 valence electrons. The summed E-state index contributed by atoms with van der Waals surface area (Å²) < 4.78 is 28.9. The Morgan fingerprint density at radius 1 is 1.37 bits per heavy atom. The van der Waals surface area contributed by atoms with Crippen LogP contribution >= 0.6 is 11.6 Å². The highest BCUT2D eigenvalue weighted by Gasteiger charge is 2.33. The van der Waals surface area contributed by atoms with E-state index in [2.05, 4.69) is 14.9 Å². The van der Waals surface area contributed by atoms with Crippen LogP contribution in [0, 0.1) is 0 Å². The SMILES string of the molecule is C[C@H]1COCCN1c1nc(Cl)nc2c1CS(=O)(=O)C2. The number of rotatable bonds is 1. The molecule has 1 aromatic heterocycles. The molecule has 0 aromatic carbocycles. The summed E-state index contributed by atoms with van der Waals surface area (Å²) in [6.45, 7) is 3.91. The van der Waals surface area contributed by atoms with E-state index in [4.69, 9.17) is 16.3 Å². The summed E-state index contributed by atoms with van der Waals surface area (Å²) >= 11 is 5.91. The molecule has 0 unspecified atom stereocenters. The summed E-state index contributed by atoms with van der Waals surface area (Å²) in [6.07, 6.45) is 0. The Labute approximate surface area is 116 Å². The highest BCUT2D eigenvalue weighted by Crippen LogP contribution is 2.33. The number of hydrogen-bond acceptors (Lipinski definition) is 6. The van der Waals surface area contributed by atoms with Gasteiger partial charge in [-0.25, -0.2) is 18.4 Å².